The zero-order chi connectivity index (χ0) is 19.2. The van der Waals surface area contributed by atoms with Gasteiger partial charge in [0.15, 0.2) is 11.0 Å². The molecule has 0 unspecified atom stereocenters. The number of hydrogen-bond donors (Lipinski definition) is 1. The molecule has 0 atom stereocenters. The van der Waals surface area contributed by atoms with Crippen LogP contribution in [0.4, 0.5) is 5.69 Å². The number of aryl methyl sites for hydroxylation is 2. The van der Waals surface area contributed by atoms with Crippen LogP contribution in [0.3, 0.4) is 0 Å². The van der Waals surface area contributed by atoms with Crippen molar-refractivity contribution in [2.75, 3.05) is 18.2 Å². The van der Waals surface area contributed by atoms with Crippen LogP contribution >= 0.6 is 11.8 Å². The minimum Gasteiger partial charge on any atom is -0.377 e. The van der Waals surface area contributed by atoms with Crippen molar-refractivity contribution in [3.63, 3.8) is 0 Å². The zero-order valence-electron chi connectivity index (χ0n) is 15.6. The maximum absolute atomic E-state index is 12.4. The van der Waals surface area contributed by atoms with Gasteiger partial charge in [0.2, 0.25) is 5.91 Å². The molecule has 27 heavy (non-hydrogen) atoms. The number of anilines is 1. The SMILES string of the molecule is COCc1nnc(SCC(=O)Nc2ccc(C)cc2C)n1-c1ccccc1. The molecule has 0 radical (unpaired) electrons. The fourth-order valence-electron chi connectivity index (χ4n) is 2.72. The first kappa shape index (κ1) is 19.1. The summed E-state index contributed by atoms with van der Waals surface area (Å²) in [6.45, 7) is 4.36. The molecule has 140 valence electrons. The van der Waals surface area contributed by atoms with E-state index in [1.807, 2.05) is 66.9 Å². The number of methoxy groups -OCH3 is 1. The highest BCUT2D eigenvalue weighted by Crippen LogP contribution is 2.23. The first-order valence-electron chi connectivity index (χ1n) is 8.57. The van der Waals surface area contributed by atoms with E-state index in [2.05, 4.69) is 15.5 Å². The summed E-state index contributed by atoms with van der Waals surface area (Å²) in [5.74, 6) is 0.856. The van der Waals surface area contributed by atoms with Crippen LogP contribution in [-0.4, -0.2) is 33.5 Å². The summed E-state index contributed by atoms with van der Waals surface area (Å²) in [6, 6.07) is 15.8. The van der Waals surface area contributed by atoms with Crippen molar-refractivity contribution < 1.29 is 9.53 Å². The quantitative estimate of drug-likeness (QED) is 0.630. The largest absolute Gasteiger partial charge is 0.377 e. The van der Waals surface area contributed by atoms with Gasteiger partial charge in [0.25, 0.3) is 0 Å². The third kappa shape index (κ3) is 4.75. The molecular weight excluding hydrogens is 360 g/mol. The lowest BCUT2D eigenvalue weighted by Crippen LogP contribution is -2.15. The van der Waals surface area contributed by atoms with Crippen molar-refractivity contribution in [3.05, 3.63) is 65.5 Å². The number of rotatable bonds is 7. The van der Waals surface area contributed by atoms with Gasteiger partial charge in [0.1, 0.15) is 6.61 Å². The van der Waals surface area contributed by atoms with E-state index < -0.39 is 0 Å². The topological polar surface area (TPSA) is 69.0 Å². The van der Waals surface area contributed by atoms with E-state index in [0.29, 0.717) is 17.6 Å². The van der Waals surface area contributed by atoms with Gasteiger partial charge in [0.05, 0.1) is 5.75 Å². The average Bonchev–Trinajstić information content (AvgIpc) is 3.06. The van der Waals surface area contributed by atoms with Gasteiger partial charge in [-0.05, 0) is 37.6 Å². The predicted octanol–water partition coefficient (Wildman–Crippen LogP) is 3.76. The Labute approximate surface area is 163 Å². The van der Waals surface area contributed by atoms with Crippen molar-refractivity contribution in [1.29, 1.82) is 0 Å². The second kappa shape index (κ2) is 8.83. The lowest BCUT2D eigenvalue weighted by Gasteiger charge is -2.11. The molecule has 3 rings (SSSR count). The number of amides is 1. The van der Waals surface area contributed by atoms with E-state index in [9.17, 15) is 4.79 Å². The molecule has 0 fully saturated rings. The van der Waals surface area contributed by atoms with Crippen molar-refractivity contribution in [2.24, 2.45) is 0 Å². The molecule has 0 saturated carbocycles. The number of ether oxygens (including phenoxy) is 1. The summed E-state index contributed by atoms with van der Waals surface area (Å²) in [5, 5.41) is 12.1. The Morgan fingerprint density at radius 1 is 1.15 bits per heavy atom. The minimum absolute atomic E-state index is 0.0807. The number of thioether (sulfide) groups is 1. The molecule has 0 bridgehead atoms. The van der Waals surface area contributed by atoms with Crippen LogP contribution in [0.25, 0.3) is 5.69 Å². The summed E-state index contributed by atoms with van der Waals surface area (Å²) in [4.78, 5) is 12.4. The Bertz CT molecular complexity index is 925. The number of benzene rings is 2. The average molecular weight is 382 g/mol. The van der Waals surface area contributed by atoms with E-state index in [-0.39, 0.29) is 11.7 Å². The van der Waals surface area contributed by atoms with Crippen LogP contribution in [0, 0.1) is 13.8 Å². The van der Waals surface area contributed by atoms with E-state index in [1.165, 1.54) is 17.3 Å². The Balaban J connectivity index is 1.73. The van der Waals surface area contributed by atoms with Gasteiger partial charge in [-0.15, -0.1) is 10.2 Å². The summed E-state index contributed by atoms with van der Waals surface area (Å²) >= 11 is 1.35. The molecule has 1 aromatic heterocycles. The number of hydrogen-bond acceptors (Lipinski definition) is 5. The molecule has 0 spiro atoms. The molecular formula is C20H22N4O2S. The highest BCUT2D eigenvalue weighted by atomic mass is 32.2. The predicted molar refractivity (Wildman–Crippen MR) is 107 cm³/mol. The van der Waals surface area contributed by atoms with Gasteiger partial charge in [0, 0.05) is 18.5 Å². The van der Waals surface area contributed by atoms with Crippen molar-refractivity contribution in [3.8, 4) is 5.69 Å². The standard InChI is InChI=1S/C20H22N4O2S/c1-14-9-10-17(15(2)11-14)21-19(25)13-27-20-23-22-18(12-26-3)24(20)16-7-5-4-6-8-16/h4-11H,12-13H2,1-3H3,(H,21,25). The zero-order valence-corrected chi connectivity index (χ0v) is 16.4. The van der Waals surface area contributed by atoms with E-state index in [4.69, 9.17) is 4.74 Å². The van der Waals surface area contributed by atoms with Crippen molar-refractivity contribution in [2.45, 2.75) is 25.6 Å². The third-order valence-corrected chi connectivity index (χ3v) is 4.91. The Morgan fingerprint density at radius 3 is 2.63 bits per heavy atom. The normalized spacial score (nSPS) is 10.8. The van der Waals surface area contributed by atoms with Crippen LogP contribution in [0.5, 0.6) is 0 Å². The highest BCUT2D eigenvalue weighted by molar-refractivity contribution is 7.99. The van der Waals surface area contributed by atoms with Gasteiger partial charge < -0.3 is 10.1 Å². The molecule has 1 N–H and O–H groups in total. The summed E-state index contributed by atoms with van der Waals surface area (Å²) in [5.41, 5.74) is 3.98. The Morgan fingerprint density at radius 2 is 1.93 bits per heavy atom. The summed E-state index contributed by atoms with van der Waals surface area (Å²) in [7, 11) is 1.62. The lowest BCUT2D eigenvalue weighted by molar-refractivity contribution is -0.113. The molecule has 0 aliphatic heterocycles. The number of nitrogens with one attached hydrogen (secondary N) is 1. The molecule has 6 nitrogen and oxygen atoms in total. The summed E-state index contributed by atoms with van der Waals surface area (Å²) in [6.07, 6.45) is 0. The minimum atomic E-state index is -0.0807. The monoisotopic (exact) mass is 382 g/mol. The van der Waals surface area contributed by atoms with E-state index in [1.54, 1.807) is 7.11 Å². The van der Waals surface area contributed by atoms with E-state index >= 15 is 0 Å². The van der Waals surface area contributed by atoms with Crippen LogP contribution in [0.15, 0.2) is 53.7 Å². The number of carbonyl (C=O) groups is 1. The number of aromatic nitrogens is 3. The first-order chi connectivity index (χ1) is 13.1. The van der Waals surface area contributed by atoms with Crippen LogP contribution in [0.1, 0.15) is 17.0 Å². The van der Waals surface area contributed by atoms with Crippen LogP contribution < -0.4 is 5.32 Å². The maximum atomic E-state index is 12.4. The fourth-order valence-corrected chi connectivity index (χ4v) is 3.49. The van der Waals surface area contributed by atoms with Crippen LogP contribution in [-0.2, 0) is 16.1 Å². The number of nitrogens with zero attached hydrogens (tertiary/aromatic N) is 3. The molecule has 7 heteroatoms. The second-order valence-corrected chi connectivity index (χ2v) is 7.10. The van der Waals surface area contributed by atoms with Crippen molar-refractivity contribution in [1.82, 2.24) is 14.8 Å². The molecule has 3 aromatic rings. The fraction of sp³-hybridized carbons (Fsp3) is 0.250. The van der Waals surface area contributed by atoms with Gasteiger partial charge in [-0.1, -0.05) is 47.7 Å². The van der Waals surface area contributed by atoms with Gasteiger partial charge in [-0.2, -0.15) is 0 Å². The lowest BCUT2D eigenvalue weighted by atomic mass is 10.1. The molecule has 0 aliphatic carbocycles. The highest BCUT2D eigenvalue weighted by Gasteiger charge is 2.16. The molecule has 1 heterocycles. The third-order valence-electron chi connectivity index (χ3n) is 3.98. The molecule has 2 aromatic carbocycles. The first-order valence-corrected chi connectivity index (χ1v) is 9.55. The van der Waals surface area contributed by atoms with Crippen LogP contribution in [0.2, 0.25) is 0 Å². The van der Waals surface area contributed by atoms with Gasteiger partial charge >= 0.3 is 0 Å². The number of carbonyl (C=O) groups excluding carboxylic acids is 1. The maximum Gasteiger partial charge on any atom is 0.234 e. The molecule has 1 amide bonds. The smallest absolute Gasteiger partial charge is 0.234 e. The number of para-hydroxylation sites is 1. The molecule has 0 saturated heterocycles. The van der Waals surface area contributed by atoms with E-state index in [0.717, 1.165) is 16.9 Å². The van der Waals surface area contributed by atoms with Gasteiger partial charge in [-0.25, -0.2) is 0 Å². The van der Waals surface area contributed by atoms with Crippen molar-refractivity contribution >= 4 is 23.4 Å². The second-order valence-electron chi connectivity index (χ2n) is 6.16. The Hall–Kier alpha value is -2.64. The summed E-state index contributed by atoms with van der Waals surface area (Å²) < 4.78 is 7.13. The molecule has 0 aliphatic rings. The van der Waals surface area contributed by atoms with Gasteiger partial charge in [-0.3, -0.25) is 9.36 Å². The Kier molecular flexibility index (Phi) is 6.26.